The Bertz CT molecular complexity index is 248. The summed E-state index contributed by atoms with van der Waals surface area (Å²) in [4.78, 5) is 15.6. The van der Waals surface area contributed by atoms with E-state index in [0.29, 0.717) is 25.6 Å². The molecule has 0 aromatic carbocycles. The largest absolute Gasteiger partial charge is 0.394 e. The minimum absolute atomic E-state index is 0.0476. The molecule has 5 heteroatoms. The van der Waals surface area contributed by atoms with Gasteiger partial charge in [-0.3, -0.25) is 9.69 Å². The van der Waals surface area contributed by atoms with Crippen LogP contribution in [0.4, 0.5) is 0 Å². The highest BCUT2D eigenvalue weighted by Gasteiger charge is 2.25. The first-order valence-corrected chi connectivity index (χ1v) is 6.29. The van der Waals surface area contributed by atoms with E-state index < -0.39 is 0 Å². The third-order valence-electron chi connectivity index (χ3n) is 3.35. The smallest absolute Gasteiger partial charge is 0.223 e. The molecule has 5 nitrogen and oxygen atoms in total. The Morgan fingerprint density at radius 3 is 2.88 bits per heavy atom. The molecule has 1 saturated heterocycles. The number of ether oxygens (including phenoxy) is 1. The molecular formula is C12H24N2O3. The molecule has 17 heavy (non-hydrogen) atoms. The van der Waals surface area contributed by atoms with Gasteiger partial charge in [0.1, 0.15) is 0 Å². The number of carbonyl (C=O) groups excluding carboxylic acids is 1. The number of aliphatic hydroxyl groups is 1. The van der Waals surface area contributed by atoms with E-state index in [1.165, 1.54) is 0 Å². The van der Waals surface area contributed by atoms with Crippen LogP contribution in [0.3, 0.4) is 0 Å². The van der Waals surface area contributed by atoms with Crippen molar-refractivity contribution < 1.29 is 14.6 Å². The predicted molar refractivity (Wildman–Crippen MR) is 65.8 cm³/mol. The molecular weight excluding hydrogens is 220 g/mol. The maximum Gasteiger partial charge on any atom is 0.223 e. The van der Waals surface area contributed by atoms with Gasteiger partial charge >= 0.3 is 0 Å². The van der Waals surface area contributed by atoms with Gasteiger partial charge in [0.25, 0.3) is 0 Å². The first kappa shape index (κ1) is 14.4. The number of aliphatic hydroxyl groups excluding tert-OH is 1. The van der Waals surface area contributed by atoms with Crippen molar-refractivity contribution in [2.75, 3.05) is 39.9 Å². The molecule has 1 heterocycles. The summed E-state index contributed by atoms with van der Waals surface area (Å²) in [5.41, 5.74) is 0. The molecule has 1 aliphatic heterocycles. The van der Waals surface area contributed by atoms with Crippen LogP contribution in [0.5, 0.6) is 0 Å². The number of rotatable bonds is 5. The maximum absolute atomic E-state index is 11.7. The molecule has 1 fully saturated rings. The fourth-order valence-corrected chi connectivity index (χ4v) is 1.90. The zero-order valence-corrected chi connectivity index (χ0v) is 11.1. The van der Waals surface area contributed by atoms with Gasteiger partial charge < -0.3 is 14.7 Å². The summed E-state index contributed by atoms with van der Waals surface area (Å²) in [5.74, 6) is 0.173. The van der Waals surface area contributed by atoms with Gasteiger partial charge in [-0.05, 0) is 13.8 Å². The standard InChI is InChI=1S/C12H24N2O3/c1-4-13(3)12(16)5-6-14-7-11(8-15)17-9-10(14)2/h10-11,15H,4-9H2,1-3H3. The Balaban J connectivity index is 2.36. The van der Waals surface area contributed by atoms with E-state index in [2.05, 4.69) is 11.8 Å². The van der Waals surface area contributed by atoms with E-state index in [4.69, 9.17) is 9.84 Å². The third-order valence-corrected chi connectivity index (χ3v) is 3.35. The first-order chi connectivity index (χ1) is 8.08. The second-order valence-electron chi connectivity index (χ2n) is 4.64. The average Bonchev–Trinajstić information content (AvgIpc) is 2.36. The Morgan fingerprint density at radius 1 is 1.59 bits per heavy atom. The number of nitrogens with zero attached hydrogens (tertiary/aromatic N) is 2. The van der Waals surface area contributed by atoms with E-state index in [-0.39, 0.29) is 18.6 Å². The van der Waals surface area contributed by atoms with E-state index in [9.17, 15) is 4.79 Å². The van der Waals surface area contributed by atoms with Crippen molar-refractivity contribution in [3.63, 3.8) is 0 Å². The molecule has 0 bridgehead atoms. The zero-order valence-electron chi connectivity index (χ0n) is 11.1. The SMILES string of the molecule is CCN(C)C(=O)CCN1CC(CO)OCC1C. The van der Waals surface area contributed by atoms with Gasteiger partial charge in [0.2, 0.25) is 5.91 Å². The molecule has 2 unspecified atom stereocenters. The lowest BCUT2D eigenvalue weighted by Crippen LogP contribution is -2.50. The lowest BCUT2D eigenvalue weighted by atomic mass is 10.2. The Hall–Kier alpha value is -0.650. The second-order valence-corrected chi connectivity index (χ2v) is 4.64. The van der Waals surface area contributed by atoms with Gasteiger partial charge in [-0.1, -0.05) is 0 Å². The second kappa shape index (κ2) is 6.93. The highest BCUT2D eigenvalue weighted by molar-refractivity contribution is 5.75. The zero-order chi connectivity index (χ0) is 12.8. The number of amides is 1. The number of hydrogen-bond acceptors (Lipinski definition) is 4. The van der Waals surface area contributed by atoms with Crippen LogP contribution in [0.1, 0.15) is 20.3 Å². The van der Waals surface area contributed by atoms with Crippen molar-refractivity contribution in [2.24, 2.45) is 0 Å². The molecule has 0 saturated carbocycles. The van der Waals surface area contributed by atoms with Crippen LogP contribution in [0.25, 0.3) is 0 Å². The predicted octanol–water partition coefficient (Wildman–Crippen LogP) is -0.0636. The Labute approximate surface area is 103 Å². The van der Waals surface area contributed by atoms with E-state index >= 15 is 0 Å². The lowest BCUT2D eigenvalue weighted by molar-refractivity contribution is -0.131. The van der Waals surface area contributed by atoms with Crippen LogP contribution >= 0.6 is 0 Å². The van der Waals surface area contributed by atoms with E-state index in [0.717, 1.165) is 13.1 Å². The molecule has 0 aliphatic carbocycles. The molecule has 100 valence electrons. The van der Waals surface area contributed by atoms with Gasteiger partial charge in [0.15, 0.2) is 0 Å². The van der Waals surface area contributed by atoms with Crippen molar-refractivity contribution in [2.45, 2.75) is 32.4 Å². The number of hydrogen-bond donors (Lipinski definition) is 1. The summed E-state index contributed by atoms with van der Waals surface area (Å²) in [6.07, 6.45) is 0.428. The summed E-state index contributed by atoms with van der Waals surface area (Å²) >= 11 is 0. The van der Waals surface area contributed by atoms with Gasteiger partial charge in [0, 0.05) is 39.1 Å². The Kier molecular flexibility index (Phi) is 5.88. The molecule has 0 aromatic heterocycles. The molecule has 1 aliphatic rings. The fourth-order valence-electron chi connectivity index (χ4n) is 1.90. The monoisotopic (exact) mass is 244 g/mol. The van der Waals surface area contributed by atoms with Crippen LogP contribution in [0.2, 0.25) is 0 Å². The minimum Gasteiger partial charge on any atom is -0.394 e. The normalized spacial score (nSPS) is 25.9. The van der Waals surface area contributed by atoms with Crippen molar-refractivity contribution in [3.05, 3.63) is 0 Å². The topological polar surface area (TPSA) is 53.0 Å². The average molecular weight is 244 g/mol. The lowest BCUT2D eigenvalue weighted by Gasteiger charge is -2.37. The number of morpholine rings is 1. The highest BCUT2D eigenvalue weighted by atomic mass is 16.5. The van der Waals surface area contributed by atoms with Crippen LogP contribution in [-0.4, -0.2) is 72.9 Å². The quantitative estimate of drug-likeness (QED) is 0.736. The van der Waals surface area contributed by atoms with E-state index in [1.54, 1.807) is 4.90 Å². The summed E-state index contributed by atoms with van der Waals surface area (Å²) in [7, 11) is 1.82. The highest BCUT2D eigenvalue weighted by Crippen LogP contribution is 2.12. The fraction of sp³-hybridized carbons (Fsp3) is 0.917. The molecule has 0 radical (unpaired) electrons. The molecule has 2 atom stereocenters. The van der Waals surface area contributed by atoms with Gasteiger partial charge in [-0.2, -0.15) is 0 Å². The van der Waals surface area contributed by atoms with E-state index in [1.807, 2.05) is 14.0 Å². The third kappa shape index (κ3) is 4.26. The van der Waals surface area contributed by atoms with Crippen molar-refractivity contribution in [1.82, 2.24) is 9.80 Å². The molecule has 1 amide bonds. The van der Waals surface area contributed by atoms with Gasteiger partial charge in [-0.25, -0.2) is 0 Å². The van der Waals surface area contributed by atoms with Crippen LogP contribution in [0, 0.1) is 0 Å². The summed E-state index contributed by atoms with van der Waals surface area (Å²) < 4.78 is 5.46. The molecule has 0 spiro atoms. The van der Waals surface area contributed by atoms with Crippen molar-refractivity contribution in [3.8, 4) is 0 Å². The molecule has 0 aromatic rings. The maximum atomic E-state index is 11.7. The van der Waals surface area contributed by atoms with Gasteiger partial charge in [0.05, 0.1) is 19.3 Å². The van der Waals surface area contributed by atoms with Crippen molar-refractivity contribution >= 4 is 5.91 Å². The molecule has 1 N–H and O–H groups in total. The van der Waals surface area contributed by atoms with Crippen LogP contribution in [-0.2, 0) is 9.53 Å². The summed E-state index contributed by atoms with van der Waals surface area (Å²) in [6.45, 7) is 6.93. The minimum atomic E-state index is -0.106. The first-order valence-electron chi connectivity index (χ1n) is 6.29. The van der Waals surface area contributed by atoms with Crippen molar-refractivity contribution in [1.29, 1.82) is 0 Å². The van der Waals surface area contributed by atoms with Crippen LogP contribution < -0.4 is 0 Å². The van der Waals surface area contributed by atoms with Gasteiger partial charge in [-0.15, -0.1) is 0 Å². The summed E-state index contributed by atoms with van der Waals surface area (Å²) in [5, 5.41) is 9.07. The summed E-state index contributed by atoms with van der Waals surface area (Å²) in [6, 6.07) is 0.317. The molecule has 1 rings (SSSR count). The number of carbonyl (C=O) groups is 1. The van der Waals surface area contributed by atoms with Crippen LogP contribution in [0.15, 0.2) is 0 Å². The Morgan fingerprint density at radius 2 is 2.29 bits per heavy atom.